The van der Waals surface area contributed by atoms with Crippen molar-refractivity contribution < 1.29 is 9.59 Å². The van der Waals surface area contributed by atoms with Gasteiger partial charge < -0.3 is 15.1 Å². The highest BCUT2D eigenvalue weighted by molar-refractivity contribution is 7.10. The second-order valence-corrected chi connectivity index (χ2v) is 7.45. The lowest BCUT2D eigenvalue weighted by atomic mass is 9.88. The summed E-state index contributed by atoms with van der Waals surface area (Å²) in [5.41, 5.74) is 1.45. The Morgan fingerprint density at radius 2 is 1.71 bits per heavy atom. The highest BCUT2D eigenvalue weighted by atomic mass is 32.1. The Morgan fingerprint density at radius 3 is 2.33 bits per heavy atom. The molecule has 2 heterocycles. The van der Waals surface area contributed by atoms with E-state index in [0.717, 1.165) is 23.5 Å². The van der Waals surface area contributed by atoms with E-state index in [2.05, 4.69) is 9.69 Å². The monoisotopic (exact) mass is 350 g/mol. The second-order valence-electron chi connectivity index (χ2n) is 6.67. The highest BCUT2D eigenvalue weighted by Crippen LogP contribution is 2.27. The quantitative estimate of drug-likeness (QED) is 0.909. The Labute approximate surface area is 147 Å². The van der Waals surface area contributed by atoms with E-state index in [9.17, 15) is 9.59 Å². The van der Waals surface area contributed by atoms with E-state index in [0.29, 0.717) is 37.6 Å². The first-order valence-corrected chi connectivity index (χ1v) is 9.61. The Balaban J connectivity index is 1.59. The fourth-order valence-electron chi connectivity index (χ4n) is 3.69. The maximum Gasteiger partial charge on any atom is 0.258 e. The molecule has 2 aliphatic rings. The van der Waals surface area contributed by atoms with Crippen molar-refractivity contribution in [3.63, 3.8) is 0 Å². The van der Waals surface area contributed by atoms with Crippen molar-refractivity contribution in [1.82, 2.24) is 14.2 Å². The predicted octanol–water partition coefficient (Wildman–Crippen LogP) is 2.36. The van der Waals surface area contributed by atoms with Gasteiger partial charge in [-0.15, -0.1) is 0 Å². The number of carbonyl (C=O) groups excluding carboxylic acids is 2. The molecule has 0 radical (unpaired) electrons. The van der Waals surface area contributed by atoms with Crippen LogP contribution < -0.4 is 5.32 Å². The number of nitrogens with zero attached hydrogens (tertiary/aromatic N) is 3. The normalized spacial score (nSPS) is 19.4. The molecule has 132 valence electrons. The number of aromatic nitrogens is 1. The molecule has 2 amide bonds. The largest absolute Gasteiger partial charge is 0.378 e. The van der Waals surface area contributed by atoms with Gasteiger partial charge in [0, 0.05) is 39.1 Å². The summed E-state index contributed by atoms with van der Waals surface area (Å²) in [5.74, 6) is 0.529. The van der Waals surface area contributed by atoms with E-state index in [4.69, 9.17) is 0 Å². The van der Waals surface area contributed by atoms with E-state index in [1.165, 1.54) is 30.8 Å². The summed E-state index contributed by atoms with van der Waals surface area (Å²) in [4.78, 5) is 29.2. The Hall–Kier alpha value is -1.63. The van der Waals surface area contributed by atoms with Gasteiger partial charge >= 0.3 is 0 Å². The molecule has 0 bridgehead atoms. The summed E-state index contributed by atoms with van der Waals surface area (Å²) in [6.45, 7) is 4.37. The van der Waals surface area contributed by atoms with Gasteiger partial charge in [0.1, 0.15) is 5.00 Å². The molecule has 1 N–H and O–H groups in total. The maximum absolute atomic E-state index is 12.8. The SMILES string of the molecule is CNc1snc(C)c1C(=O)N1CCN(C(=O)C2CCCCC2)CC1. The smallest absolute Gasteiger partial charge is 0.258 e. The van der Waals surface area contributed by atoms with Crippen LogP contribution >= 0.6 is 11.5 Å². The molecule has 1 aromatic heterocycles. The summed E-state index contributed by atoms with van der Waals surface area (Å²) in [5, 5.41) is 3.87. The zero-order valence-corrected chi connectivity index (χ0v) is 15.3. The van der Waals surface area contributed by atoms with Crippen molar-refractivity contribution in [3.8, 4) is 0 Å². The predicted molar refractivity (Wildman–Crippen MR) is 95.5 cm³/mol. The third-order valence-electron chi connectivity index (χ3n) is 5.14. The number of nitrogens with one attached hydrogen (secondary N) is 1. The molecule has 24 heavy (non-hydrogen) atoms. The highest BCUT2D eigenvalue weighted by Gasteiger charge is 2.31. The fraction of sp³-hybridized carbons (Fsp3) is 0.706. The Morgan fingerprint density at radius 1 is 1.08 bits per heavy atom. The van der Waals surface area contributed by atoms with Gasteiger partial charge in [-0.1, -0.05) is 19.3 Å². The third kappa shape index (κ3) is 3.41. The van der Waals surface area contributed by atoms with E-state index < -0.39 is 0 Å². The molecule has 1 aromatic rings. The molecule has 7 heteroatoms. The average molecular weight is 350 g/mol. The zero-order chi connectivity index (χ0) is 17.1. The fourth-order valence-corrected chi connectivity index (χ4v) is 4.43. The summed E-state index contributed by atoms with van der Waals surface area (Å²) in [6.07, 6.45) is 5.67. The van der Waals surface area contributed by atoms with E-state index in [-0.39, 0.29) is 11.8 Å². The number of anilines is 1. The van der Waals surface area contributed by atoms with Crippen LogP contribution in [0.15, 0.2) is 0 Å². The van der Waals surface area contributed by atoms with Gasteiger partial charge in [-0.25, -0.2) is 0 Å². The standard InChI is InChI=1S/C17H26N4O2S/c1-12-14(15(18-2)24-19-12)17(23)21-10-8-20(9-11-21)16(22)13-6-4-3-5-7-13/h13,18H,3-11H2,1-2H3. The minimum atomic E-state index is 0.0235. The molecule has 2 fully saturated rings. The number of amides is 2. The van der Waals surface area contributed by atoms with Crippen LogP contribution in [0, 0.1) is 12.8 Å². The summed E-state index contributed by atoms with van der Waals surface area (Å²) < 4.78 is 4.27. The molecule has 1 aliphatic carbocycles. The lowest BCUT2D eigenvalue weighted by Gasteiger charge is -2.37. The van der Waals surface area contributed by atoms with Crippen LogP contribution in [-0.4, -0.2) is 59.2 Å². The van der Waals surface area contributed by atoms with Crippen molar-refractivity contribution in [2.45, 2.75) is 39.0 Å². The Kier molecular flexibility index (Phi) is 5.38. The molecule has 0 unspecified atom stereocenters. The number of carbonyl (C=O) groups is 2. The maximum atomic E-state index is 12.8. The van der Waals surface area contributed by atoms with Gasteiger partial charge in [0.25, 0.3) is 5.91 Å². The molecule has 3 rings (SSSR count). The van der Waals surface area contributed by atoms with Crippen molar-refractivity contribution in [3.05, 3.63) is 11.3 Å². The van der Waals surface area contributed by atoms with Crippen LogP contribution in [0.4, 0.5) is 5.00 Å². The van der Waals surface area contributed by atoms with Gasteiger partial charge in [0.15, 0.2) is 0 Å². The topological polar surface area (TPSA) is 65.5 Å². The molecule has 6 nitrogen and oxygen atoms in total. The number of piperazine rings is 1. The van der Waals surface area contributed by atoms with E-state index in [1.54, 1.807) is 0 Å². The first kappa shape index (κ1) is 17.2. The third-order valence-corrected chi connectivity index (χ3v) is 6.09. The first-order valence-electron chi connectivity index (χ1n) is 8.84. The molecule has 1 aliphatic heterocycles. The van der Waals surface area contributed by atoms with Crippen LogP contribution in [-0.2, 0) is 4.79 Å². The summed E-state index contributed by atoms with van der Waals surface area (Å²) in [6, 6.07) is 0. The van der Waals surface area contributed by atoms with Crippen LogP contribution in [0.3, 0.4) is 0 Å². The minimum Gasteiger partial charge on any atom is -0.378 e. The summed E-state index contributed by atoms with van der Waals surface area (Å²) in [7, 11) is 1.81. The lowest BCUT2D eigenvalue weighted by molar-refractivity contribution is -0.138. The lowest BCUT2D eigenvalue weighted by Crippen LogP contribution is -2.52. The van der Waals surface area contributed by atoms with Crippen molar-refractivity contribution in [1.29, 1.82) is 0 Å². The van der Waals surface area contributed by atoms with Crippen LogP contribution in [0.1, 0.15) is 48.2 Å². The van der Waals surface area contributed by atoms with Gasteiger partial charge in [-0.05, 0) is 31.3 Å². The molecule has 1 saturated carbocycles. The van der Waals surface area contributed by atoms with Gasteiger partial charge in [0.2, 0.25) is 5.91 Å². The molecule has 0 spiro atoms. The van der Waals surface area contributed by atoms with Gasteiger partial charge in [-0.3, -0.25) is 9.59 Å². The molecular formula is C17H26N4O2S. The first-order chi connectivity index (χ1) is 11.6. The number of hydrogen-bond donors (Lipinski definition) is 1. The second kappa shape index (κ2) is 7.51. The van der Waals surface area contributed by atoms with Crippen LogP contribution in [0.2, 0.25) is 0 Å². The van der Waals surface area contributed by atoms with E-state index in [1.807, 2.05) is 23.8 Å². The van der Waals surface area contributed by atoms with Gasteiger partial charge in [0.05, 0.1) is 11.3 Å². The van der Waals surface area contributed by atoms with Crippen molar-refractivity contribution in [2.75, 3.05) is 38.5 Å². The zero-order valence-electron chi connectivity index (χ0n) is 14.5. The van der Waals surface area contributed by atoms with E-state index >= 15 is 0 Å². The molecule has 0 aromatic carbocycles. The van der Waals surface area contributed by atoms with Crippen molar-refractivity contribution >= 4 is 28.3 Å². The molecule has 1 saturated heterocycles. The Bertz CT molecular complexity index is 602. The number of rotatable bonds is 3. The van der Waals surface area contributed by atoms with Gasteiger partial charge in [-0.2, -0.15) is 4.37 Å². The number of aryl methyl sites for hydroxylation is 1. The number of hydrogen-bond acceptors (Lipinski definition) is 5. The van der Waals surface area contributed by atoms with Crippen molar-refractivity contribution in [2.24, 2.45) is 5.92 Å². The molecule has 0 atom stereocenters. The minimum absolute atomic E-state index is 0.0235. The molecular weight excluding hydrogens is 324 g/mol. The van der Waals surface area contributed by atoms with Crippen LogP contribution in [0.5, 0.6) is 0 Å². The summed E-state index contributed by atoms with van der Waals surface area (Å²) >= 11 is 1.32. The van der Waals surface area contributed by atoms with Crippen LogP contribution in [0.25, 0.3) is 0 Å². The average Bonchev–Trinajstić information content (AvgIpc) is 3.02.